The lowest BCUT2D eigenvalue weighted by atomic mass is 9.59. The molecule has 1 nitrogen and oxygen atoms in total. The number of hydrogen-bond donors (Lipinski definition) is 0. The zero-order valence-corrected chi connectivity index (χ0v) is 20.1. The quantitative estimate of drug-likeness (QED) is 0.274. The van der Waals surface area contributed by atoms with E-state index in [0.717, 1.165) is 23.5 Å². The van der Waals surface area contributed by atoms with Crippen LogP contribution in [-0.4, -0.2) is 0 Å². The van der Waals surface area contributed by atoms with Crippen molar-refractivity contribution in [2.24, 2.45) is 5.41 Å². The SMILES string of the molecule is [2H]C([2H])([2H])C1(C([2H])([2H])[2H])c2ccc(-c3c(C)cc(N(c4ccccc4)c4ccccc4)cc3C)cc2C(C([2H])([2H])[2H])(C([2H])([2H])[2H])C1(C([2H])([2H])[2H])C([2H])([2H])[2H]. The van der Waals surface area contributed by atoms with Gasteiger partial charge in [0.1, 0.15) is 0 Å². The van der Waals surface area contributed by atoms with Gasteiger partial charge in [0.05, 0.1) is 0 Å². The molecule has 0 heterocycles. The van der Waals surface area contributed by atoms with Gasteiger partial charge in [0.2, 0.25) is 0 Å². The molecule has 1 aliphatic carbocycles. The zero-order valence-electron chi connectivity index (χ0n) is 38.1. The molecule has 36 heavy (non-hydrogen) atoms. The van der Waals surface area contributed by atoms with E-state index in [1.807, 2.05) is 77.7 Å². The lowest BCUT2D eigenvalue weighted by molar-refractivity contribution is 0.125. The first-order valence-electron chi connectivity index (χ1n) is 20.6. The summed E-state index contributed by atoms with van der Waals surface area (Å²) in [6, 6.07) is 25.7. The van der Waals surface area contributed by atoms with Crippen LogP contribution in [0.5, 0.6) is 0 Å². The third kappa shape index (κ3) is 3.52. The van der Waals surface area contributed by atoms with Crippen LogP contribution in [0, 0.1) is 19.3 Å². The summed E-state index contributed by atoms with van der Waals surface area (Å²) in [5.41, 5.74) is -10.5. The fourth-order valence-electron chi connectivity index (χ4n) is 5.15. The smallest absolute Gasteiger partial charge is 0.0467 e. The number of anilines is 3. The van der Waals surface area contributed by atoms with Gasteiger partial charge in [0, 0.05) is 41.7 Å². The molecule has 5 rings (SSSR count). The van der Waals surface area contributed by atoms with Crippen molar-refractivity contribution < 1.29 is 24.7 Å². The predicted molar refractivity (Wildman–Crippen MR) is 156 cm³/mol. The molecule has 0 fully saturated rings. The van der Waals surface area contributed by atoms with Gasteiger partial charge in [-0.2, -0.15) is 0 Å². The van der Waals surface area contributed by atoms with Crippen LogP contribution in [0.15, 0.2) is 91.0 Å². The van der Waals surface area contributed by atoms with Gasteiger partial charge in [-0.3, -0.25) is 0 Å². The molecule has 1 aliphatic rings. The number of fused-ring (bicyclic) bond motifs is 1. The number of aryl methyl sites for hydroxylation is 2. The minimum Gasteiger partial charge on any atom is -0.310 e. The molecule has 0 saturated heterocycles. The van der Waals surface area contributed by atoms with Crippen molar-refractivity contribution in [2.45, 2.75) is 65.8 Å². The first kappa shape index (κ1) is 11.0. The van der Waals surface area contributed by atoms with Crippen molar-refractivity contribution in [1.82, 2.24) is 0 Å². The molecule has 0 radical (unpaired) electrons. The zero-order chi connectivity index (χ0) is 40.9. The molecule has 4 aromatic carbocycles. The average molecular weight is 492 g/mol. The Balaban J connectivity index is 1.97. The molecule has 0 bridgehead atoms. The van der Waals surface area contributed by atoms with Crippen LogP contribution in [0.25, 0.3) is 11.1 Å². The Bertz CT molecular complexity index is 1910. The van der Waals surface area contributed by atoms with E-state index in [1.54, 1.807) is 13.8 Å². The third-order valence-electron chi connectivity index (χ3n) is 7.05. The molecule has 0 aromatic heterocycles. The highest BCUT2D eigenvalue weighted by atomic mass is 15.1. The second kappa shape index (κ2) is 8.37. The number of rotatable bonds is 4. The lowest BCUT2D eigenvalue weighted by Gasteiger charge is -2.44. The molecule has 0 atom stereocenters. The summed E-state index contributed by atoms with van der Waals surface area (Å²) in [5.74, 6) is 0. The fourth-order valence-corrected chi connectivity index (χ4v) is 5.15. The largest absolute Gasteiger partial charge is 0.310 e. The second-order valence-electron chi connectivity index (χ2n) is 9.47. The topological polar surface area (TPSA) is 3.24 Å². The highest BCUT2D eigenvalue weighted by Crippen LogP contribution is 2.61. The normalized spacial score (nSPS) is 26.5. The summed E-state index contributed by atoms with van der Waals surface area (Å²) in [6.07, 6.45) is 0. The first-order valence-corrected chi connectivity index (χ1v) is 11.6. The van der Waals surface area contributed by atoms with Crippen LogP contribution in [0.2, 0.25) is 0 Å². The molecule has 4 aromatic rings. The van der Waals surface area contributed by atoms with Crippen molar-refractivity contribution in [3.8, 4) is 11.1 Å². The monoisotopic (exact) mass is 491 g/mol. The molecule has 1 heteroatoms. The van der Waals surface area contributed by atoms with Crippen molar-refractivity contribution in [3.63, 3.8) is 0 Å². The molecule has 184 valence electrons. The Labute approximate surface area is 243 Å². The maximum atomic E-state index is 8.76. The minimum atomic E-state index is -4.44. The summed E-state index contributed by atoms with van der Waals surface area (Å²) in [7, 11) is 0. The average Bonchev–Trinajstić information content (AvgIpc) is 3.30. The number of benzene rings is 4. The molecule has 0 N–H and O–H groups in total. The molecule has 0 saturated carbocycles. The molecular formula is C35H39N. The van der Waals surface area contributed by atoms with E-state index in [0.29, 0.717) is 22.4 Å². The van der Waals surface area contributed by atoms with E-state index in [4.69, 9.17) is 24.7 Å². The Kier molecular flexibility index (Phi) is 2.55. The number of hydrogen-bond acceptors (Lipinski definition) is 1. The van der Waals surface area contributed by atoms with E-state index < -0.39 is 68.5 Å². The van der Waals surface area contributed by atoms with Crippen LogP contribution in [0.4, 0.5) is 17.1 Å². The molecule has 0 spiro atoms. The van der Waals surface area contributed by atoms with Crippen LogP contribution >= 0.6 is 0 Å². The van der Waals surface area contributed by atoms with Gasteiger partial charge in [-0.25, -0.2) is 0 Å². The lowest BCUT2D eigenvalue weighted by Crippen LogP contribution is -2.42. The van der Waals surface area contributed by atoms with Crippen molar-refractivity contribution >= 4 is 17.1 Å². The fraction of sp³-hybridized carbons (Fsp3) is 0.314. The van der Waals surface area contributed by atoms with Gasteiger partial charge in [-0.05, 0) is 99.9 Å². The standard InChI is InChI=1S/C35H39N/c1-24-21-29(36(27-15-11-9-12-16-27)28-17-13-10-14-18-28)22-25(2)32(24)26-19-20-30-31(23-26)34(5,6)35(7,8)33(30,3)4/h9-23H,1-8H3/i3D3,4D3,5D3,6D3,7D3,8D3. The Hall–Kier alpha value is -3.32. The highest BCUT2D eigenvalue weighted by Gasteiger charge is 2.56. The summed E-state index contributed by atoms with van der Waals surface area (Å²) in [6.45, 7) is -21.6. The van der Waals surface area contributed by atoms with E-state index in [1.165, 1.54) is 6.07 Å². The van der Waals surface area contributed by atoms with E-state index in [2.05, 4.69) is 0 Å². The van der Waals surface area contributed by atoms with Gasteiger partial charge in [0.25, 0.3) is 0 Å². The summed E-state index contributed by atoms with van der Waals surface area (Å²) in [5, 5.41) is 0. The van der Waals surface area contributed by atoms with Gasteiger partial charge >= 0.3 is 0 Å². The number of nitrogens with zero attached hydrogens (tertiary/aromatic N) is 1. The molecular weight excluding hydrogens is 434 g/mol. The van der Waals surface area contributed by atoms with Crippen molar-refractivity contribution in [2.75, 3.05) is 4.90 Å². The third-order valence-corrected chi connectivity index (χ3v) is 7.05. The second-order valence-corrected chi connectivity index (χ2v) is 9.47. The van der Waals surface area contributed by atoms with E-state index in [9.17, 15) is 0 Å². The van der Waals surface area contributed by atoms with Gasteiger partial charge in [-0.15, -0.1) is 0 Å². The molecule has 0 aliphatic heterocycles. The maximum absolute atomic E-state index is 8.76. The predicted octanol–water partition coefficient (Wildman–Crippen LogP) is 10.0. The van der Waals surface area contributed by atoms with Crippen LogP contribution < -0.4 is 4.90 Å². The molecule has 0 amide bonds. The van der Waals surface area contributed by atoms with Gasteiger partial charge < -0.3 is 4.90 Å². The van der Waals surface area contributed by atoms with Gasteiger partial charge in [-0.1, -0.05) is 95.7 Å². The first-order chi connectivity index (χ1) is 24.5. The van der Waals surface area contributed by atoms with Crippen LogP contribution in [0.1, 0.15) is 88.0 Å². The number of para-hydroxylation sites is 2. The summed E-state index contributed by atoms with van der Waals surface area (Å²) < 4.78 is 157. The Morgan fingerprint density at radius 3 is 1.58 bits per heavy atom. The van der Waals surface area contributed by atoms with E-state index in [-0.39, 0.29) is 5.56 Å². The maximum Gasteiger partial charge on any atom is 0.0467 e. The molecule has 0 unspecified atom stereocenters. The van der Waals surface area contributed by atoms with Crippen molar-refractivity contribution in [1.29, 1.82) is 0 Å². The van der Waals surface area contributed by atoms with Crippen LogP contribution in [0.3, 0.4) is 0 Å². The van der Waals surface area contributed by atoms with Crippen molar-refractivity contribution in [3.05, 3.63) is 113 Å². The van der Waals surface area contributed by atoms with Crippen LogP contribution in [-0.2, 0) is 10.8 Å². The Morgan fingerprint density at radius 1 is 0.556 bits per heavy atom. The highest BCUT2D eigenvalue weighted by molar-refractivity contribution is 5.82. The summed E-state index contributed by atoms with van der Waals surface area (Å²) in [4.78, 5) is 1.99. The Morgan fingerprint density at radius 2 is 1.08 bits per heavy atom. The summed E-state index contributed by atoms with van der Waals surface area (Å²) >= 11 is 0. The minimum absolute atomic E-state index is 0.0935. The van der Waals surface area contributed by atoms with E-state index >= 15 is 0 Å². The van der Waals surface area contributed by atoms with Gasteiger partial charge in [0.15, 0.2) is 0 Å².